The van der Waals surface area contributed by atoms with Gasteiger partial charge in [-0.1, -0.05) is 36.8 Å². The summed E-state index contributed by atoms with van der Waals surface area (Å²) in [6, 6.07) is 7.18. The van der Waals surface area contributed by atoms with E-state index in [0.717, 1.165) is 11.4 Å². The minimum absolute atomic E-state index is 0.223. The zero-order valence-electron chi connectivity index (χ0n) is 13.0. The molecule has 0 aliphatic rings. The van der Waals surface area contributed by atoms with Crippen molar-refractivity contribution in [3.05, 3.63) is 47.0 Å². The van der Waals surface area contributed by atoms with Crippen molar-refractivity contribution in [3.8, 4) is 0 Å². The highest BCUT2D eigenvalue weighted by Crippen LogP contribution is 2.17. The zero-order chi connectivity index (χ0) is 16.3. The van der Waals surface area contributed by atoms with Crippen molar-refractivity contribution in [3.63, 3.8) is 0 Å². The van der Waals surface area contributed by atoms with Gasteiger partial charge in [0, 0.05) is 13.5 Å². The van der Waals surface area contributed by atoms with Gasteiger partial charge in [-0.25, -0.2) is 8.42 Å². The number of aryl methyl sites for hydroxylation is 2. The quantitative estimate of drug-likeness (QED) is 0.867. The molecule has 0 fully saturated rings. The molecule has 1 aromatic carbocycles. The summed E-state index contributed by atoms with van der Waals surface area (Å²) in [5, 5.41) is 18.0. The largest absolute Gasteiger partial charge is 0.387 e. The Bertz CT molecular complexity index is 736. The van der Waals surface area contributed by atoms with Crippen LogP contribution in [0.5, 0.6) is 0 Å². The first-order valence-electron chi connectivity index (χ1n) is 7.14. The second-order valence-electron chi connectivity index (χ2n) is 5.43. The molecule has 7 heteroatoms. The molecule has 1 heterocycles. The van der Waals surface area contributed by atoms with E-state index in [1.807, 2.05) is 26.0 Å². The van der Waals surface area contributed by atoms with E-state index in [1.165, 1.54) is 0 Å². The molecular formula is C15H21N3O3S. The third-order valence-corrected chi connectivity index (χ3v) is 5.12. The van der Waals surface area contributed by atoms with E-state index in [9.17, 15) is 13.5 Å². The van der Waals surface area contributed by atoms with Crippen LogP contribution in [0.4, 0.5) is 0 Å². The van der Waals surface area contributed by atoms with Crippen molar-refractivity contribution in [2.75, 3.05) is 5.75 Å². The maximum atomic E-state index is 12.3. The molecule has 1 unspecified atom stereocenters. The normalized spacial score (nSPS) is 13.3. The molecule has 1 aromatic heterocycles. The molecular weight excluding hydrogens is 302 g/mol. The van der Waals surface area contributed by atoms with Crippen LogP contribution in [-0.4, -0.2) is 34.0 Å². The molecule has 2 rings (SSSR count). The Morgan fingerprint density at radius 1 is 1.18 bits per heavy atom. The van der Waals surface area contributed by atoms with Gasteiger partial charge in [0.1, 0.15) is 17.4 Å². The smallest absolute Gasteiger partial charge is 0.160 e. The number of aliphatic hydroxyl groups excluding tert-OH is 1. The molecule has 1 N–H and O–H groups in total. The van der Waals surface area contributed by atoms with Crippen LogP contribution in [-0.2, 0) is 29.1 Å². The van der Waals surface area contributed by atoms with Crippen LogP contribution in [0.2, 0.25) is 0 Å². The SMILES string of the molecule is CCc1nnc(CS(=O)(=O)CC(O)c2ccc(C)cc2)n1C. The van der Waals surface area contributed by atoms with Gasteiger partial charge in [0.05, 0.1) is 11.9 Å². The molecule has 1 atom stereocenters. The number of nitrogens with zero attached hydrogens (tertiary/aromatic N) is 3. The fourth-order valence-corrected chi connectivity index (χ4v) is 3.65. The van der Waals surface area contributed by atoms with E-state index >= 15 is 0 Å². The van der Waals surface area contributed by atoms with E-state index in [1.54, 1.807) is 23.7 Å². The lowest BCUT2D eigenvalue weighted by atomic mass is 10.1. The average Bonchev–Trinajstić information content (AvgIpc) is 2.79. The van der Waals surface area contributed by atoms with E-state index in [2.05, 4.69) is 10.2 Å². The van der Waals surface area contributed by atoms with E-state index < -0.39 is 15.9 Å². The molecule has 0 saturated heterocycles. The summed E-state index contributed by atoms with van der Waals surface area (Å²) >= 11 is 0. The van der Waals surface area contributed by atoms with Gasteiger partial charge in [-0.2, -0.15) is 0 Å². The Kier molecular flexibility index (Phi) is 4.97. The Hall–Kier alpha value is -1.73. The standard InChI is InChI=1S/C15H21N3O3S/c1-4-14-16-17-15(18(14)3)10-22(20,21)9-13(19)12-7-5-11(2)6-8-12/h5-8,13,19H,4,9-10H2,1-3H3. The van der Waals surface area contributed by atoms with Crippen LogP contribution >= 0.6 is 0 Å². The summed E-state index contributed by atoms with van der Waals surface area (Å²) < 4.78 is 26.2. The van der Waals surface area contributed by atoms with Gasteiger partial charge in [-0.3, -0.25) is 0 Å². The van der Waals surface area contributed by atoms with Gasteiger partial charge in [-0.05, 0) is 12.5 Å². The van der Waals surface area contributed by atoms with Crippen molar-refractivity contribution in [1.82, 2.24) is 14.8 Å². The number of sulfone groups is 1. The number of rotatable bonds is 6. The maximum absolute atomic E-state index is 12.3. The molecule has 6 nitrogen and oxygen atoms in total. The third-order valence-electron chi connectivity index (χ3n) is 3.59. The van der Waals surface area contributed by atoms with Crippen molar-refractivity contribution in [2.45, 2.75) is 32.1 Å². The van der Waals surface area contributed by atoms with Crippen molar-refractivity contribution < 1.29 is 13.5 Å². The first kappa shape index (κ1) is 16.6. The fourth-order valence-electron chi connectivity index (χ4n) is 2.21. The maximum Gasteiger partial charge on any atom is 0.160 e. The molecule has 120 valence electrons. The van der Waals surface area contributed by atoms with E-state index in [0.29, 0.717) is 17.8 Å². The summed E-state index contributed by atoms with van der Waals surface area (Å²) in [4.78, 5) is 0. The Balaban J connectivity index is 2.10. The first-order chi connectivity index (χ1) is 10.3. The summed E-state index contributed by atoms with van der Waals surface area (Å²) in [5.74, 6) is 0.585. The van der Waals surface area contributed by atoms with Crippen LogP contribution in [0, 0.1) is 6.92 Å². The number of benzene rings is 1. The van der Waals surface area contributed by atoms with Gasteiger partial charge in [-0.15, -0.1) is 10.2 Å². The molecule has 0 aliphatic heterocycles. The Morgan fingerprint density at radius 2 is 1.77 bits per heavy atom. The minimum atomic E-state index is -3.48. The summed E-state index contributed by atoms with van der Waals surface area (Å²) in [7, 11) is -1.73. The van der Waals surface area contributed by atoms with Crippen LogP contribution in [0.15, 0.2) is 24.3 Å². The Labute approximate surface area is 130 Å². The summed E-state index contributed by atoms with van der Waals surface area (Å²) in [6.45, 7) is 3.87. The molecule has 2 aromatic rings. The van der Waals surface area contributed by atoms with Gasteiger partial charge in [0.15, 0.2) is 9.84 Å². The summed E-state index contributed by atoms with van der Waals surface area (Å²) in [6.07, 6.45) is -0.348. The lowest BCUT2D eigenvalue weighted by Crippen LogP contribution is -2.18. The van der Waals surface area contributed by atoms with Gasteiger partial charge in [0.2, 0.25) is 0 Å². The highest BCUT2D eigenvalue weighted by atomic mass is 32.2. The lowest BCUT2D eigenvalue weighted by molar-refractivity contribution is 0.201. The molecule has 0 bridgehead atoms. The lowest BCUT2D eigenvalue weighted by Gasteiger charge is -2.12. The van der Waals surface area contributed by atoms with Gasteiger partial charge < -0.3 is 9.67 Å². The highest BCUT2D eigenvalue weighted by molar-refractivity contribution is 7.90. The minimum Gasteiger partial charge on any atom is -0.387 e. The second-order valence-corrected chi connectivity index (χ2v) is 7.54. The first-order valence-corrected chi connectivity index (χ1v) is 8.96. The van der Waals surface area contributed by atoms with Crippen molar-refractivity contribution >= 4 is 9.84 Å². The number of aliphatic hydroxyl groups is 1. The molecule has 0 aliphatic carbocycles. The molecule has 0 radical (unpaired) electrons. The highest BCUT2D eigenvalue weighted by Gasteiger charge is 2.22. The van der Waals surface area contributed by atoms with Crippen LogP contribution < -0.4 is 0 Å². The third kappa shape index (κ3) is 3.92. The van der Waals surface area contributed by atoms with Crippen LogP contribution in [0.1, 0.15) is 35.8 Å². The van der Waals surface area contributed by atoms with E-state index in [4.69, 9.17) is 0 Å². The molecule has 0 spiro atoms. The molecule has 22 heavy (non-hydrogen) atoms. The fraction of sp³-hybridized carbons (Fsp3) is 0.467. The number of aromatic nitrogens is 3. The predicted octanol–water partition coefficient (Wildman–Crippen LogP) is 1.33. The topological polar surface area (TPSA) is 85.1 Å². The van der Waals surface area contributed by atoms with Crippen LogP contribution in [0.3, 0.4) is 0 Å². The number of hydrogen-bond acceptors (Lipinski definition) is 5. The predicted molar refractivity (Wildman–Crippen MR) is 84.0 cm³/mol. The summed E-state index contributed by atoms with van der Waals surface area (Å²) in [5.41, 5.74) is 1.66. The van der Waals surface area contributed by atoms with Gasteiger partial charge >= 0.3 is 0 Å². The van der Waals surface area contributed by atoms with Crippen molar-refractivity contribution in [1.29, 1.82) is 0 Å². The average molecular weight is 323 g/mol. The van der Waals surface area contributed by atoms with Crippen LogP contribution in [0.25, 0.3) is 0 Å². The molecule has 0 amide bonds. The Morgan fingerprint density at radius 3 is 2.32 bits per heavy atom. The van der Waals surface area contributed by atoms with E-state index in [-0.39, 0.29) is 11.5 Å². The second kappa shape index (κ2) is 6.58. The van der Waals surface area contributed by atoms with Crippen molar-refractivity contribution in [2.24, 2.45) is 7.05 Å². The van der Waals surface area contributed by atoms with Gasteiger partial charge in [0.25, 0.3) is 0 Å². The zero-order valence-corrected chi connectivity index (χ0v) is 13.8. The number of hydrogen-bond donors (Lipinski definition) is 1. The monoisotopic (exact) mass is 323 g/mol. The molecule has 0 saturated carbocycles.